The molecule has 0 saturated carbocycles. The maximum absolute atomic E-state index is 12.5. The topological polar surface area (TPSA) is 63.3 Å². The molecule has 106 valence electrons. The van der Waals surface area contributed by atoms with Gasteiger partial charge in [0, 0.05) is 6.42 Å². The maximum Gasteiger partial charge on any atom is 0.416 e. The number of carboxylic acids is 1. The van der Waals surface area contributed by atoms with E-state index in [1.165, 1.54) is 18.4 Å². The van der Waals surface area contributed by atoms with Crippen molar-refractivity contribution in [3.63, 3.8) is 0 Å². The van der Waals surface area contributed by atoms with Crippen molar-refractivity contribution in [2.45, 2.75) is 19.0 Å². The molecule has 0 aliphatic heterocycles. The van der Waals surface area contributed by atoms with E-state index in [0.29, 0.717) is 5.56 Å². The second kappa shape index (κ2) is 5.36. The summed E-state index contributed by atoms with van der Waals surface area (Å²) in [5.41, 5.74) is -0.115. The van der Waals surface area contributed by atoms with Gasteiger partial charge in [-0.1, -0.05) is 18.2 Å². The molecule has 1 aromatic heterocycles. The number of aliphatic carboxylic acids is 1. The Kier molecular flexibility index (Phi) is 3.78. The van der Waals surface area contributed by atoms with Crippen molar-refractivity contribution in [3.8, 4) is 0 Å². The van der Waals surface area contributed by atoms with Gasteiger partial charge in [-0.15, -0.1) is 0 Å². The molecule has 0 bridgehead atoms. The van der Waals surface area contributed by atoms with Gasteiger partial charge in [-0.2, -0.15) is 13.2 Å². The average molecular weight is 285 g/mol. The van der Waals surface area contributed by atoms with E-state index in [1.807, 2.05) is 0 Å². The summed E-state index contributed by atoms with van der Waals surface area (Å²) in [6.07, 6.45) is -3.42. The van der Waals surface area contributed by atoms with Crippen LogP contribution in [0.3, 0.4) is 0 Å². The minimum atomic E-state index is -4.40. The van der Waals surface area contributed by atoms with Gasteiger partial charge in [0.25, 0.3) is 0 Å². The fourth-order valence-electron chi connectivity index (χ4n) is 1.70. The highest BCUT2D eigenvalue weighted by molar-refractivity contribution is 5.69. The van der Waals surface area contributed by atoms with E-state index in [0.717, 1.165) is 12.1 Å². The molecule has 1 aromatic carbocycles. The second-order valence-corrected chi connectivity index (χ2v) is 4.18. The molecule has 0 radical (unpaired) electrons. The largest absolute Gasteiger partial charge is 0.481 e. The molecule has 0 aliphatic rings. The molecule has 0 saturated heterocycles. The molecule has 0 fully saturated rings. The van der Waals surface area contributed by atoms with E-state index < -0.39 is 17.7 Å². The third-order valence-corrected chi connectivity index (χ3v) is 2.54. The van der Waals surface area contributed by atoms with Crippen LogP contribution in [0.2, 0.25) is 0 Å². The van der Waals surface area contributed by atoms with Gasteiger partial charge in [-0.05, 0) is 11.6 Å². The number of oxazole rings is 1. The van der Waals surface area contributed by atoms with Crippen molar-refractivity contribution in [1.29, 1.82) is 0 Å². The van der Waals surface area contributed by atoms with Gasteiger partial charge < -0.3 is 9.52 Å². The number of alkyl halides is 3. The molecule has 0 amide bonds. The van der Waals surface area contributed by atoms with Crippen molar-refractivity contribution < 1.29 is 27.5 Å². The Bertz CT molecular complexity index is 619. The van der Waals surface area contributed by atoms with Gasteiger partial charge in [0.05, 0.1) is 17.7 Å². The summed E-state index contributed by atoms with van der Waals surface area (Å²) in [7, 11) is 0. The summed E-state index contributed by atoms with van der Waals surface area (Å²) in [6.45, 7) is 0. The molecule has 2 aromatic rings. The number of carboxylic acid groups (broad SMARTS) is 1. The third-order valence-electron chi connectivity index (χ3n) is 2.54. The lowest BCUT2D eigenvalue weighted by Crippen LogP contribution is -2.05. The van der Waals surface area contributed by atoms with Crippen LogP contribution in [0.15, 0.2) is 34.9 Å². The van der Waals surface area contributed by atoms with E-state index in [2.05, 4.69) is 4.98 Å². The lowest BCUT2D eigenvalue weighted by Gasteiger charge is -2.07. The lowest BCUT2D eigenvalue weighted by atomic mass is 10.1. The van der Waals surface area contributed by atoms with Crippen LogP contribution < -0.4 is 0 Å². The standard InChI is InChI=1S/C13H10F3NO3/c14-13(15,16)9-3-1-2-8(4-9)5-11-17-10(7-20-11)6-12(18)19/h1-4,7H,5-6H2,(H,18,19). The first kappa shape index (κ1) is 14.1. The van der Waals surface area contributed by atoms with Crippen molar-refractivity contribution in [3.05, 3.63) is 53.2 Å². The fraction of sp³-hybridized carbons (Fsp3) is 0.231. The quantitative estimate of drug-likeness (QED) is 0.938. The van der Waals surface area contributed by atoms with Crippen molar-refractivity contribution in [1.82, 2.24) is 4.98 Å². The number of aromatic nitrogens is 1. The summed E-state index contributed by atoms with van der Waals surface area (Å²) in [6, 6.07) is 4.82. The highest BCUT2D eigenvalue weighted by atomic mass is 19.4. The van der Waals surface area contributed by atoms with Gasteiger partial charge in [-0.25, -0.2) is 4.98 Å². The predicted octanol–water partition coefficient (Wildman–Crippen LogP) is 2.91. The summed E-state index contributed by atoms with van der Waals surface area (Å²) in [5, 5.41) is 8.59. The summed E-state index contributed by atoms with van der Waals surface area (Å²) in [4.78, 5) is 14.4. The Labute approximate surface area is 111 Å². The SMILES string of the molecule is O=C(O)Cc1coc(Cc2cccc(C(F)(F)F)c2)n1. The number of hydrogen-bond donors (Lipinski definition) is 1. The highest BCUT2D eigenvalue weighted by Gasteiger charge is 2.30. The molecule has 4 nitrogen and oxygen atoms in total. The molecular formula is C13H10F3NO3. The van der Waals surface area contributed by atoms with Crippen LogP contribution in [0.25, 0.3) is 0 Å². The Hall–Kier alpha value is -2.31. The number of halogens is 3. The number of nitrogens with zero attached hydrogens (tertiary/aromatic N) is 1. The summed E-state index contributed by atoms with van der Waals surface area (Å²) >= 11 is 0. The molecular weight excluding hydrogens is 275 g/mol. The van der Waals surface area contributed by atoms with Gasteiger partial charge in [-0.3, -0.25) is 4.79 Å². The Morgan fingerprint density at radius 2 is 2.10 bits per heavy atom. The van der Waals surface area contributed by atoms with Crippen LogP contribution in [0.1, 0.15) is 22.7 Å². The summed E-state index contributed by atoms with van der Waals surface area (Å²) in [5.74, 6) is -0.871. The summed E-state index contributed by atoms with van der Waals surface area (Å²) < 4.78 is 42.7. The van der Waals surface area contributed by atoms with Crippen LogP contribution in [-0.2, 0) is 23.8 Å². The van der Waals surface area contributed by atoms with Gasteiger partial charge in [0.2, 0.25) is 0 Å². The number of rotatable bonds is 4. The molecule has 0 spiro atoms. The van der Waals surface area contributed by atoms with Crippen molar-refractivity contribution in [2.75, 3.05) is 0 Å². The monoisotopic (exact) mass is 285 g/mol. The first-order chi connectivity index (χ1) is 9.34. The molecule has 2 rings (SSSR count). The van der Waals surface area contributed by atoms with Crippen LogP contribution in [0.4, 0.5) is 13.2 Å². The smallest absolute Gasteiger partial charge is 0.416 e. The van der Waals surface area contributed by atoms with Crippen LogP contribution in [-0.4, -0.2) is 16.1 Å². The molecule has 20 heavy (non-hydrogen) atoms. The predicted molar refractivity (Wildman–Crippen MR) is 62.1 cm³/mol. The maximum atomic E-state index is 12.5. The molecule has 1 N–H and O–H groups in total. The van der Waals surface area contributed by atoms with Crippen molar-refractivity contribution in [2.24, 2.45) is 0 Å². The van der Waals surface area contributed by atoms with E-state index >= 15 is 0 Å². The first-order valence-corrected chi connectivity index (χ1v) is 5.66. The van der Waals surface area contributed by atoms with Gasteiger partial charge >= 0.3 is 12.1 Å². The fourth-order valence-corrected chi connectivity index (χ4v) is 1.70. The first-order valence-electron chi connectivity index (χ1n) is 5.66. The third kappa shape index (κ3) is 3.59. The zero-order chi connectivity index (χ0) is 14.8. The number of carbonyl (C=O) groups is 1. The molecule has 0 atom stereocenters. The van der Waals surface area contributed by atoms with Crippen LogP contribution >= 0.6 is 0 Å². The highest BCUT2D eigenvalue weighted by Crippen LogP contribution is 2.29. The molecule has 0 aliphatic carbocycles. The van der Waals surface area contributed by atoms with Gasteiger partial charge in [0.15, 0.2) is 5.89 Å². The normalized spacial score (nSPS) is 11.6. The lowest BCUT2D eigenvalue weighted by molar-refractivity contribution is -0.138. The van der Waals surface area contributed by atoms with E-state index in [1.54, 1.807) is 0 Å². The Morgan fingerprint density at radius 3 is 2.75 bits per heavy atom. The van der Waals surface area contributed by atoms with Crippen LogP contribution in [0, 0.1) is 0 Å². The Balaban J connectivity index is 2.14. The molecule has 7 heteroatoms. The van der Waals surface area contributed by atoms with Crippen LogP contribution in [0.5, 0.6) is 0 Å². The minimum absolute atomic E-state index is 0.0730. The van der Waals surface area contributed by atoms with E-state index in [-0.39, 0.29) is 24.4 Å². The van der Waals surface area contributed by atoms with Crippen molar-refractivity contribution >= 4 is 5.97 Å². The zero-order valence-electron chi connectivity index (χ0n) is 10.1. The molecule has 1 heterocycles. The number of benzene rings is 1. The average Bonchev–Trinajstić information content (AvgIpc) is 2.75. The minimum Gasteiger partial charge on any atom is -0.481 e. The van der Waals surface area contributed by atoms with Gasteiger partial charge in [0.1, 0.15) is 6.26 Å². The Morgan fingerprint density at radius 1 is 1.35 bits per heavy atom. The molecule has 0 unspecified atom stereocenters. The van der Waals surface area contributed by atoms with E-state index in [9.17, 15) is 18.0 Å². The van der Waals surface area contributed by atoms with E-state index in [4.69, 9.17) is 9.52 Å². The second-order valence-electron chi connectivity index (χ2n) is 4.18. The number of hydrogen-bond acceptors (Lipinski definition) is 3. The zero-order valence-corrected chi connectivity index (χ0v) is 10.1.